The summed E-state index contributed by atoms with van der Waals surface area (Å²) in [7, 11) is 0. The molecule has 1 aliphatic carbocycles. The fourth-order valence-corrected chi connectivity index (χ4v) is 4.32. The van der Waals surface area contributed by atoms with Crippen molar-refractivity contribution in [2.24, 2.45) is 22.7 Å². The van der Waals surface area contributed by atoms with Crippen molar-refractivity contribution in [3.63, 3.8) is 0 Å². The predicted octanol–water partition coefficient (Wildman–Crippen LogP) is 6.93. The number of rotatable bonds is 10. The Labute approximate surface area is 169 Å². The highest BCUT2D eigenvalue weighted by atomic mass is 14.9. The zero-order chi connectivity index (χ0) is 20.5. The second kappa shape index (κ2) is 10.9. The molecule has 2 atom stereocenters. The van der Waals surface area contributed by atoms with E-state index in [1.807, 2.05) is 6.92 Å². The Morgan fingerprint density at radius 2 is 1.78 bits per heavy atom. The van der Waals surface area contributed by atoms with E-state index in [1.54, 1.807) is 0 Å². The van der Waals surface area contributed by atoms with Gasteiger partial charge in [0, 0.05) is 6.54 Å². The fraction of sp³-hybridized carbons (Fsp3) is 0.692. The Morgan fingerprint density at radius 1 is 1.15 bits per heavy atom. The average Bonchev–Trinajstić information content (AvgIpc) is 2.69. The van der Waals surface area contributed by atoms with Crippen LogP contribution in [0, 0.1) is 35.0 Å². The van der Waals surface area contributed by atoms with Crippen LogP contribution in [0.1, 0.15) is 80.1 Å². The summed E-state index contributed by atoms with van der Waals surface area (Å²) in [4.78, 5) is 0. The second-order valence-corrected chi connectivity index (χ2v) is 9.17. The topological polar surface area (TPSA) is 12.0 Å². The van der Waals surface area contributed by atoms with Crippen LogP contribution in [0.5, 0.6) is 0 Å². The van der Waals surface area contributed by atoms with E-state index in [1.165, 1.54) is 37.7 Å². The van der Waals surface area contributed by atoms with Crippen LogP contribution < -0.4 is 5.32 Å². The van der Waals surface area contributed by atoms with Gasteiger partial charge < -0.3 is 5.32 Å². The summed E-state index contributed by atoms with van der Waals surface area (Å²) >= 11 is 0. The highest BCUT2D eigenvalue weighted by Crippen LogP contribution is 2.51. The first-order valence-electron chi connectivity index (χ1n) is 10.9. The van der Waals surface area contributed by atoms with Crippen molar-refractivity contribution in [1.82, 2.24) is 5.32 Å². The standard InChI is InChI=1S/C26H43N/c1-9-21(5)13-14-22(6)24(10-2)20-27-19-23(7)26(12-4)17-15-25(8,11-3)16-18-26/h1,12-14,23-24,27H,4,10-11,15-20H2,2-3,5-8H3/b21-13-,22-14+. The molecule has 1 N–H and O–H groups in total. The van der Waals surface area contributed by atoms with Crippen molar-refractivity contribution in [1.29, 1.82) is 0 Å². The van der Waals surface area contributed by atoms with Gasteiger partial charge in [0.05, 0.1) is 0 Å². The SMILES string of the molecule is C#C/C(C)=C\C=C(/C)C(CC)CNCC(C)C1(C=C)CCC(C)(CC)CC1. The molecule has 0 bridgehead atoms. The third-order valence-corrected chi connectivity index (χ3v) is 7.43. The van der Waals surface area contributed by atoms with Crippen LogP contribution in [0.2, 0.25) is 0 Å². The van der Waals surface area contributed by atoms with Crippen molar-refractivity contribution in [3.8, 4) is 12.3 Å². The first-order chi connectivity index (χ1) is 12.8. The average molecular weight is 370 g/mol. The first kappa shape index (κ1) is 23.8. The van der Waals surface area contributed by atoms with E-state index in [0.29, 0.717) is 22.7 Å². The second-order valence-electron chi connectivity index (χ2n) is 9.17. The Hall–Kier alpha value is -1.26. The van der Waals surface area contributed by atoms with Crippen LogP contribution >= 0.6 is 0 Å². The number of allylic oxidation sites excluding steroid dienone is 4. The molecule has 1 rings (SSSR count). The maximum atomic E-state index is 5.43. The van der Waals surface area contributed by atoms with Gasteiger partial charge in [-0.05, 0) is 80.7 Å². The minimum atomic E-state index is 0.306. The number of terminal acetylenes is 1. The van der Waals surface area contributed by atoms with Gasteiger partial charge in [0.25, 0.3) is 0 Å². The van der Waals surface area contributed by atoms with E-state index in [0.717, 1.165) is 25.1 Å². The molecule has 1 fully saturated rings. The molecule has 0 radical (unpaired) electrons. The van der Waals surface area contributed by atoms with Crippen LogP contribution in [0.15, 0.2) is 36.0 Å². The highest BCUT2D eigenvalue weighted by Gasteiger charge is 2.40. The van der Waals surface area contributed by atoms with Gasteiger partial charge in [-0.2, -0.15) is 0 Å². The molecule has 1 heteroatoms. The zero-order valence-electron chi connectivity index (χ0n) is 18.8. The Morgan fingerprint density at radius 3 is 2.26 bits per heavy atom. The molecular formula is C26H43N. The summed E-state index contributed by atoms with van der Waals surface area (Å²) in [6.45, 7) is 20.0. The molecule has 0 saturated heterocycles. The van der Waals surface area contributed by atoms with Gasteiger partial charge >= 0.3 is 0 Å². The summed E-state index contributed by atoms with van der Waals surface area (Å²) in [5.74, 6) is 3.87. The molecule has 152 valence electrons. The molecule has 2 unspecified atom stereocenters. The van der Waals surface area contributed by atoms with E-state index < -0.39 is 0 Å². The van der Waals surface area contributed by atoms with E-state index in [9.17, 15) is 0 Å². The van der Waals surface area contributed by atoms with Crippen LogP contribution in [-0.2, 0) is 0 Å². The van der Waals surface area contributed by atoms with Gasteiger partial charge in [-0.1, -0.05) is 63.8 Å². The predicted molar refractivity (Wildman–Crippen MR) is 122 cm³/mol. The fourth-order valence-electron chi connectivity index (χ4n) is 4.32. The van der Waals surface area contributed by atoms with Crippen molar-refractivity contribution in [2.45, 2.75) is 80.1 Å². The summed E-state index contributed by atoms with van der Waals surface area (Å²) in [6.07, 6.45) is 19.6. The van der Waals surface area contributed by atoms with Gasteiger partial charge in [-0.3, -0.25) is 0 Å². The van der Waals surface area contributed by atoms with Crippen LogP contribution in [0.25, 0.3) is 0 Å². The van der Waals surface area contributed by atoms with Crippen LogP contribution in [0.3, 0.4) is 0 Å². The number of hydrogen-bond donors (Lipinski definition) is 1. The van der Waals surface area contributed by atoms with E-state index in [-0.39, 0.29) is 0 Å². The maximum absolute atomic E-state index is 5.43. The van der Waals surface area contributed by atoms with Crippen LogP contribution in [0.4, 0.5) is 0 Å². The Balaban J connectivity index is 2.61. The molecule has 1 nitrogen and oxygen atoms in total. The molecule has 0 aliphatic heterocycles. The lowest BCUT2D eigenvalue weighted by molar-refractivity contribution is 0.0791. The molecule has 0 amide bonds. The van der Waals surface area contributed by atoms with Crippen LogP contribution in [-0.4, -0.2) is 13.1 Å². The third kappa shape index (κ3) is 6.69. The van der Waals surface area contributed by atoms with Crippen molar-refractivity contribution >= 4 is 0 Å². The summed E-state index contributed by atoms with van der Waals surface area (Å²) < 4.78 is 0. The molecule has 1 aliphatic rings. The lowest BCUT2D eigenvalue weighted by Gasteiger charge is -2.46. The lowest BCUT2D eigenvalue weighted by Crippen LogP contribution is -2.40. The van der Waals surface area contributed by atoms with Crippen molar-refractivity contribution in [2.75, 3.05) is 13.1 Å². The van der Waals surface area contributed by atoms with E-state index in [2.05, 4.69) is 70.7 Å². The van der Waals surface area contributed by atoms with Crippen molar-refractivity contribution < 1.29 is 0 Å². The number of nitrogens with one attached hydrogen (secondary N) is 1. The minimum absolute atomic E-state index is 0.306. The van der Waals surface area contributed by atoms with Gasteiger partial charge in [0.2, 0.25) is 0 Å². The number of hydrogen-bond acceptors (Lipinski definition) is 1. The monoisotopic (exact) mass is 369 g/mol. The molecule has 27 heavy (non-hydrogen) atoms. The first-order valence-corrected chi connectivity index (χ1v) is 10.9. The van der Waals surface area contributed by atoms with E-state index >= 15 is 0 Å². The third-order valence-electron chi connectivity index (χ3n) is 7.43. The minimum Gasteiger partial charge on any atom is -0.316 e. The molecule has 0 spiro atoms. The molecule has 0 aromatic heterocycles. The Bertz CT molecular complexity index is 564. The normalized spacial score (nSPS) is 29.1. The molecule has 0 heterocycles. The Kier molecular flexibility index (Phi) is 9.61. The highest BCUT2D eigenvalue weighted by molar-refractivity contribution is 5.28. The summed E-state index contributed by atoms with van der Waals surface area (Å²) in [5.41, 5.74) is 3.23. The van der Waals surface area contributed by atoms with Gasteiger partial charge in [0.15, 0.2) is 0 Å². The maximum Gasteiger partial charge on any atom is 0.00169 e. The van der Waals surface area contributed by atoms with Crippen molar-refractivity contribution in [3.05, 3.63) is 36.0 Å². The van der Waals surface area contributed by atoms with Gasteiger partial charge in [-0.25, -0.2) is 0 Å². The smallest absolute Gasteiger partial charge is 0.00169 e. The van der Waals surface area contributed by atoms with Gasteiger partial charge in [-0.15, -0.1) is 13.0 Å². The summed E-state index contributed by atoms with van der Waals surface area (Å²) in [6, 6.07) is 0. The largest absolute Gasteiger partial charge is 0.316 e. The molecule has 1 saturated carbocycles. The zero-order valence-corrected chi connectivity index (χ0v) is 18.8. The molecular weight excluding hydrogens is 326 g/mol. The molecule has 0 aromatic rings. The molecule has 0 aromatic carbocycles. The summed E-state index contributed by atoms with van der Waals surface area (Å²) in [5, 5.41) is 3.76. The quantitative estimate of drug-likeness (QED) is 0.250. The lowest BCUT2D eigenvalue weighted by atomic mass is 9.59. The van der Waals surface area contributed by atoms with Gasteiger partial charge in [0.1, 0.15) is 0 Å². The van der Waals surface area contributed by atoms with E-state index in [4.69, 9.17) is 6.42 Å².